The highest BCUT2D eigenvalue weighted by atomic mass is 16.5. The van der Waals surface area contributed by atoms with Crippen molar-refractivity contribution in [3.8, 4) is 5.75 Å². The van der Waals surface area contributed by atoms with Crippen molar-refractivity contribution in [1.82, 2.24) is 0 Å². The fraction of sp³-hybridized carbons (Fsp3) is 0.467. The molecule has 0 aliphatic rings. The van der Waals surface area contributed by atoms with Gasteiger partial charge in [0, 0.05) is 6.42 Å². The lowest BCUT2D eigenvalue weighted by Crippen LogP contribution is -2.31. The second kappa shape index (κ2) is 7.05. The van der Waals surface area contributed by atoms with Crippen LogP contribution in [0, 0.1) is 13.8 Å². The molecule has 0 aliphatic heterocycles. The van der Waals surface area contributed by atoms with Gasteiger partial charge in [-0.15, -0.1) is 0 Å². The van der Waals surface area contributed by atoms with Crippen LogP contribution in [0.5, 0.6) is 5.75 Å². The number of nitrogens with two attached hydrogens (primary N) is 1. The normalized spacial score (nSPS) is 11.8. The number of hydrogen-bond acceptors (Lipinski definition) is 5. The van der Waals surface area contributed by atoms with Crippen LogP contribution in [-0.2, 0) is 9.53 Å². The molecule has 5 heteroatoms. The summed E-state index contributed by atoms with van der Waals surface area (Å²) in [6, 6.07) is 2.95. The van der Waals surface area contributed by atoms with E-state index in [9.17, 15) is 9.59 Å². The van der Waals surface area contributed by atoms with E-state index in [1.165, 1.54) is 14.2 Å². The molecule has 1 aromatic carbocycles. The van der Waals surface area contributed by atoms with Crippen molar-refractivity contribution in [2.24, 2.45) is 5.73 Å². The highest BCUT2D eigenvalue weighted by Crippen LogP contribution is 2.26. The van der Waals surface area contributed by atoms with Crippen LogP contribution in [0.1, 0.15) is 34.3 Å². The van der Waals surface area contributed by atoms with Crippen LogP contribution in [0.3, 0.4) is 0 Å². The summed E-state index contributed by atoms with van der Waals surface area (Å²) >= 11 is 0. The number of methoxy groups -OCH3 is 2. The summed E-state index contributed by atoms with van der Waals surface area (Å²) < 4.78 is 9.82. The zero-order valence-corrected chi connectivity index (χ0v) is 12.4. The molecule has 0 saturated heterocycles. The van der Waals surface area contributed by atoms with Crippen molar-refractivity contribution in [1.29, 1.82) is 0 Å². The molecule has 20 heavy (non-hydrogen) atoms. The van der Waals surface area contributed by atoms with Gasteiger partial charge in [-0.05, 0) is 37.5 Å². The minimum Gasteiger partial charge on any atom is -0.496 e. The van der Waals surface area contributed by atoms with E-state index in [1.54, 1.807) is 6.07 Å². The largest absolute Gasteiger partial charge is 0.496 e. The molecule has 5 nitrogen and oxygen atoms in total. The van der Waals surface area contributed by atoms with Gasteiger partial charge >= 0.3 is 5.97 Å². The highest BCUT2D eigenvalue weighted by molar-refractivity contribution is 6.03. The quantitative estimate of drug-likeness (QED) is 0.634. The summed E-state index contributed by atoms with van der Waals surface area (Å²) in [5, 5.41) is 0. The minimum absolute atomic E-state index is 0.122. The average Bonchev–Trinajstić information content (AvgIpc) is 2.42. The van der Waals surface area contributed by atoms with Gasteiger partial charge in [0.25, 0.3) is 0 Å². The Morgan fingerprint density at radius 3 is 2.45 bits per heavy atom. The van der Waals surface area contributed by atoms with Gasteiger partial charge in [-0.25, -0.2) is 0 Å². The third kappa shape index (κ3) is 3.81. The SMILES string of the molecule is COC(=O)CCC(N)C(=O)c1cc(C)cc(C)c1OC. The number of ether oxygens (including phenoxy) is 2. The van der Waals surface area contributed by atoms with E-state index < -0.39 is 6.04 Å². The zero-order valence-electron chi connectivity index (χ0n) is 12.4. The van der Waals surface area contributed by atoms with E-state index in [-0.39, 0.29) is 24.6 Å². The summed E-state index contributed by atoms with van der Waals surface area (Å²) in [6.45, 7) is 3.78. The number of ketones is 1. The predicted molar refractivity (Wildman–Crippen MR) is 76.0 cm³/mol. The molecular weight excluding hydrogens is 258 g/mol. The first-order valence-electron chi connectivity index (χ1n) is 6.42. The monoisotopic (exact) mass is 279 g/mol. The molecule has 0 fully saturated rings. The van der Waals surface area contributed by atoms with Crippen molar-refractivity contribution in [2.75, 3.05) is 14.2 Å². The fourth-order valence-electron chi connectivity index (χ4n) is 2.11. The maximum Gasteiger partial charge on any atom is 0.305 e. The van der Waals surface area contributed by atoms with Gasteiger partial charge in [0.1, 0.15) is 5.75 Å². The molecule has 0 aliphatic carbocycles. The van der Waals surface area contributed by atoms with Crippen LogP contribution in [0.25, 0.3) is 0 Å². The van der Waals surface area contributed by atoms with Crippen molar-refractivity contribution < 1.29 is 19.1 Å². The Kier molecular flexibility index (Phi) is 5.70. The van der Waals surface area contributed by atoms with Gasteiger partial charge in [0.05, 0.1) is 25.8 Å². The molecule has 1 unspecified atom stereocenters. The van der Waals surface area contributed by atoms with E-state index in [0.29, 0.717) is 11.3 Å². The van der Waals surface area contributed by atoms with Crippen molar-refractivity contribution in [3.63, 3.8) is 0 Å². The lowest BCUT2D eigenvalue weighted by Gasteiger charge is -2.15. The molecule has 2 N–H and O–H groups in total. The first-order valence-corrected chi connectivity index (χ1v) is 6.42. The Balaban J connectivity index is 2.94. The van der Waals surface area contributed by atoms with Crippen molar-refractivity contribution >= 4 is 11.8 Å². The molecule has 0 spiro atoms. The van der Waals surface area contributed by atoms with E-state index in [4.69, 9.17) is 10.5 Å². The number of aryl methyl sites for hydroxylation is 2. The van der Waals surface area contributed by atoms with Crippen molar-refractivity contribution in [2.45, 2.75) is 32.7 Å². The highest BCUT2D eigenvalue weighted by Gasteiger charge is 2.22. The van der Waals surface area contributed by atoms with Gasteiger partial charge in [-0.1, -0.05) is 6.07 Å². The van der Waals surface area contributed by atoms with Gasteiger partial charge in [0.15, 0.2) is 5.78 Å². The van der Waals surface area contributed by atoms with Crippen LogP contribution in [0.15, 0.2) is 12.1 Å². The average molecular weight is 279 g/mol. The summed E-state index contributed by atoms with van der Waals surface area (Å²) in [5.41, 5.74) is 8.17. The number of Topliss-reactive ketones (excluding diaryl/α,β-unsaturated/α-hetero) is 1. The second-order valence-corrected chi connectivity index (χ2v) is 4.75. The zero-order chi connectivity index (χ0) is 15.3. The molecule has 0 saturated carbocycles. The maximum absolute atomic E-state index is 12.4. The van der Waals surface area contributed by atoms with E-state index >= 15 is 0 Å². The standard InChI is InChI=1S/C15H21NO4/c1-9-7-10(2)15(20-4)11(8-9)14(18)12(16)5-6-13(17)19-3/h7-8,12H,5-6,16H2,1-4H3. The number of esters is 1. The topological polar surface area (TPSA) is 78.6 Å². The van der Waals surface area contributed by atoms with Crippen LogP contribution in [0.2, 0.25) is 0 Å². The molecule has 1 atom stereocenters. The lowest BCUT2D eigenvalue weighted by atomic mass is 9.96. The Morgan fingerprint density at radius 1 is 1.25 bits per heavy atom. The van der Waals surface area contributed by atoms with Crippen LogP contribution in [0.4, 0.5) is 0 Å². The molecular formula is C15H21NO4. The molecule has 0 radical (unpaired) electrons. The smallest absolute Gasteiger partial charge is 0.305 e. The van der Waals surface area contributed by atoms with Crippen LogP contribution in [-0.4, -0.2) is 32.0 Å². The van der Waals surface area contributed by atoms with E-state index in [2.05, 4.69) is 4.74 Å². The predicted octanol–water partition coefficient (Wildman–Crippen LogP) is 1.78. The molecule has 0 amide bonds. The summed E-state index contributed by atoms with van der Waals surface area (Å²) in [6.07, 6.45) is 0.373. The minimum atomic E-state index is -0.746. The van der Waals surface area contributed by atoms with Crippen molar-refractivity contribution in [3.05, 3.63) is 28.8 Å². The fourth-order valence-corrected chi connectivity index (χ4v) is 2.11. The Labute approximate surface area is 119 Å². The Morgan fingerprint density at radius 2 is 1.90 bits per heavy atom. The summed E-state index contributed by atoms with van der Waals surface area (Å²) in [4.78, 5) is 23.5. The Bertz CT molecular complexity index is 511. The van der Waals surface area contributed by atoms with Gasteiger partial charge in [0.2, 0.25) is 0 Å². The van der Waals surface area contributed by atoms with Gasteiger partial charge in [-0.2, -0.15) is 0 Å². The second-order valence-electron chi connectivity index (χ2n) is 4.75. The molecule has 110 valence electrons. The van der Waals surface area contributed by atoms with E-state index in [0.717, 1.165) is 11.1 Å². The molecule has 0 heterocycles. The number of carbonyl (C=O) groups is 2. The molecule has 1 rings (SSSR count). The van der Waals surface area contributed by atoms with E-state index in [1.807, 2.05) is 19.9 Å². The lowest BCUT2D eigenvalue weighted by molar-refractivity contribution is -0.140. The first-order chi connectivity index (χ1) is 9.40. The third-order valence-electron chi connectivity index (χ3n) is 3.11. The van der Waals surface area contributed by atoms with Gasteiger partial charge < -0.3 is 15.2 Å². The van der Waals surface area contributed by atoms with Crippen LogP contribution >= 0.6 is 0 Å². The van der Waals surface area contributed by atoms with Crippen LogP contribution < -0.4 is 10.5 Å². The molecule has 0 bridgehead atoms. The maximum atomic E-state index is 12.4. The number of carbonyl (C=O) groups excluding carboxylic acids is 2. The number of hydrogen-bond donors (Lipinski definition) is 1. The summed E-state index contributed by atoms with van der Waals surface area (Å²) in [5.74, 6) is -0.0627. The Hall–Kier alpha value is -1.88. The number of benzene rings is 1. The third-order valence-corrected chi connectivity index (χ3v) is 3.11. The number of rotatable bonds is 6. The molecule has 1 aromatic rings. The summed E-state index contributed by atoms with van der Waals surface area (Å²) in [7, 11) is 2.83. The molecule has 0 aromatic heterocycles. The van der Waals surface area contributed by atoms with Gasteiger partial charge in [-0.3, -0.25) is 9.59 Å². The first kappa shape index (κ1) is 16.2.